The van der Waals surface area contributed by atoms with E-state index in [9.17, 15) is 40.5 Å². The molecule has 11 rings (SSSR count). The predicted molar refractivity (Wildman–Crippen MR) is 288 cm³/mol. The van der Waals surface area contributed by atoms with Crippen molar-refractivity contribution in [2.45, 2.75) is 312 Å². The van der Waals surface area contributed by atoms with Crippen LogP contribution >= 0.6 is 0 Å². The van der Waals surface area contributed by atoms with Crippen LogP contribution in [-0.2, 0) is 66.4 Å². The number of aliphatic hydroxyl groups is 7. The Morgan fingerprint density at radius 1 is 0.488 bits per heavy atom. The van der Waals surface area contributed by atoms with Crippen LogP contribution in [0.5, 0.6) is 0 Å². The summed E-state index contributed by atoms with van der Waals surface area (Å²) in [5.41, 5.74) is 0.115. The molecule has 21 nitrogen and oxygen atoms in total. The standard InChI is InChI=1S/C61H98O21/c1-27-29(3)71-51(25-46(27)78-57-44(65)22-48(31(5)74-57)80-58-45(66)23-47(32(6)75-58)79-56-43(64)21-41(62)30(4)73-56)81-54-34(8)76-55(28(2)52(54)68)82-53-33(7)72-50(24-42(53)63)77-37-13-16-59(9)36(20-37)11-12-40-39(59)14-17-60(10)38(15-18-61(40,60)69)35-19-49(67)70-26-35/h19,27-34,36-48,50-58,62-66,68-69H,11-18,20-26H2,1-10H3/t27?,28?,29?,30?,31?,32?,33?,34?,36-,37+,38-,39+,40-,41+,42?,43+,44+,45+,46?,47+,48-,50?,51?,52?,53?,54?,55?,56?,57?,58?,59+,60-,61+/m1/s1. The van der Waals surface area contributed by atoms with E-state index >= 15 is 0 Å². The van der Waals surface area contributed by atoms with Crippen LogP contribution in [0.3, 0.4) is 0 Å². The van der Waals surface area contributed by atoms with Crippen LogP contribution in [0.4, 0.5) is 0 Å². The van der Waals surface area contributed by atoms with E-state index in [0.717, 1.165) is 63.4 Å². The summed E-state index contributed by atoms with van der Waals surface area (Å²) in [4.78, 5) is 12.0. The average Bonchev–Trinajstić information content (AvgIpc) is 2.63. The molecule has 6 saturated heterocycles. The lowest BCUT2D eigenvalue weighted by Gasteiger charge is -2.64. The molecule has 0 amide bonds. The molecule has 0 radical (unpaired) electrons. The summed E-state index contributed by atoms with van der Waals surface area (Å²) < 4.78 is 81.1. The molecule has 10 fully saturated rings. The molecule has 82 heavy (non-hydrogen) atoms. The maximum absolute atomic E-state index is 12.7. The fourth-order valence-electron chi connectivity index (χ4n) is 17.3. The lowest BCUT2D eigenvalue weighted by atomic mass is 9.43. The minimum atomic E-state index is -1.09. The number of cyclic esters (lactones) is 1. The molecular formula is C61H98O21. The van der Waals surface area contributed by atoms with Crippen molar-refractivity contribution in [3.05, 3.63) is 11.6 Å². The quantitative estimate of drug-likeness (QED) is 0.0993. The molecule has 4 aliphatic carbocycles. The highest BCUT2D eigenvalue weighted by Crippen LogP contribution is 2.70. The van der Waals surface area contributed by atoms with Crippen LogP contribution in [0.15, 0.2) is 11.6 Å². The van der Waals surface area contributed by atoms with Gasteiger partial charge < -0.3 is 97.3 Å². The normalized spacial score (nSPS) is 55.5. The van der Waals surface area contributed by atoms with Gasteiger partial charge in [-0.2, -0.15) is 0 Å². The van der Waals surface area contributed by atoms with Gasteiger partial charge in [0, 0.05) is 55.4 Å². The molecule has 0 spiro atoms. The first-order valence-electron chi connectivity index (χ1n) is 31.4. The third kappa shape index (κ3) is 11.8. The molecule has 7 aliphatic heterocycles. The van der Waals surface area contributed by atoms with Gasteiger partial charge in [-0.1, -0.05) is 27.7 Å². The summed E-state index contributed by atoms with van der Waals surface area (Å²) in [5, 5.41) is 79.2. The summed E-state index contributed by atoms with van der Waals surface area (Å²) in [7, 11) is 0. The van der Waals surface area contributed by atoms with Crippen LogP contribution in [-0.4, -0.2) is 202 Å². The predicted octanol–water partition coefficient (Wildman–Crippen LogP) is 4.41. The minimum absolute atomic E-state index is 0.0142. The Labute approximate surface area is 483 Å². The van der Waals surface area contributed by atoms with Gasteiger partial charge in [-0.05, 0) is 134 Å². The van der Waals surface area contributed by atoms with Crippen molar-refractivity contribution in [1.82, 2.24) is 0 Å². The molecule has 33 atom stereocenters. The highest BCUT2D eigenvalue weighted by Gasteiger charge is 2.68. The zero-order valence-corrected chi connectivity index (χ0v) is 49.9. The number of carbonyl (C=O) groups is 1. The van der Waals surface area contributed by atoms with E-state index in [1.54, 1.807) is 19.9 Å². The average molecular weight is 1170 g/mol. The van der Waals surface area contributed by atoms with Crippen molar-refractivity contribution in [1.29, 1.82) is 0 Å². The zero-order valence-electron chi connectivity index (χ0n) is 49.9. The van der Waals surface area contributed by atoms with E-state index in [-0.39, 0.29) is 78.9 Å². The maximum Gasteiger partial charge on any atom is 0.331 e. The van der Waals surface area contributed by atoms with Crippen molar-refractivity contribution >= 4 is 5.97 Å². The number of hydrogen-bond donors (Lipinski definition) is 7. The second-order valence-corrected chi connectivity index (χ2v) is 27.7. The van der Waals surface area contributed by atoms with Crippen molar-refractivity contribution in [3.63, 3.8) is 0 Å². The van der Waals surface area contributed by atoms with Crippen LogP contribution in [0.1, 0.15) is 159 Å². The van der Waals surface area contributed by atoms with Crippen LogP contribution in [0.25, 0.3) is 0 Å². The highest BCUT2D eigenvalue weighted by atomic mass is 16.8. The molecule has 7 N–H and O–H groups in total. The molecule has 7 heterocycles. The Balaban J connectivity index is 0.624. The van der Waals surface area contributed by atoms with Crippen molar-refractivity contribution in [3.8, 4) is 0 Å². The van der Waals surface area contributed by atoms with Crippen LogP contribution in [0, 0.1) is 46.3 Å². The molecule has 11 aliphatic rings. The number of rotatable bonds is 13. The summed E-state index contributed by atoms with van der Waals surface area (Å²) >= 11 is 0. The summed E-state index contributed by atoms with van der Waals surface area (Å²) in [5.74, 6) is 0.338. The second-order valence-electron chi connectivity index (χ2n) is 27.7. The largest absolute Gasteiger partial charge is 0.458 e. The molecule has 0 aromatic rings. The van der Waals surface area contributed by atoms with Gasteiger partial charge >= 0.3 is 5.97 Å². The molecule has 4 saturated carbocycles. The molecule has 0 bridgehead atoms. The van der Waals surface area contributed by atoms with Gasteiger partial charge in [-0.25, -0.2) is 4.79 Å². The Kier molecular flexibility index (Phi) is 18.5. The van der Waals surface area contributed by atoms with E-state index in [1.165, 1.54) is 0 Å². The molecule has 0 aromatic carbocycles. The van der Waals surface area contributed by atoms with Gasteiger partial charge in [0.15, 0.2) is 37.7 Å². The summed E-state index contributed by atoms with van der Waals surface area (Å²) in [6.45, 7) is 19.8. The number of aliphatic hydroxyl groups excluding tert-OH is 6. The topological polar surface area (TPSA) is 279 Å². The van der Waals surface area contributed by atoms with Crippen molar-refractivity contribution in [2.24, 2.45) is 46.3 Å². The number of hydrogen-bond acceptors (Lipinski definition) is 21. The maximum atomic E-state index is 12.7. The van der Waals surface area contributed by atoms with Gasteiger partial charge in [-0.15, -0.1) is 0 Å². The lowest BCUT2D eigenvalue weighted by Crippen LogP contribution is -2.62. The van der Waals surface area contributed by atoms with Gasteiger partial charge in [-0.3, -0.25) is 0 Å². The SMILES string of the molecule is CC1OC(OC2C(C)OC(OC3C(O)CC(O[C@H]4CC[C@@]5(C)[C@H](CC[C@@H]6[C@@H]5CC[C@]5(C)[C@@H](C7=CC(=O)OC7)CC[C@]65O)C4)OC3C)C(C)C2O)CC(OC2OC(C)[C@H](OC3OC(C)[C@@H](OC4OC(C)[C@@H](O)C[C@@H]4O)C[C@@H]3O)C[C@@H]2O)C1C. The monoisotopic (exact) mass is 1170 g/mol. The molecular weight excluding hydrogens is 1070 g/mol. The first-order valence-corrected chi connectivity index (χ1v) is 31.4. The van der Waals surface area contributed by atoms with Crippen molar-refractivity contribution < 1.29 is 102 Å². The Bertz CT molecular complexity index is 2210. The number of fused-ring (bicyclic) bond motifs is 5. The Morgan fingerprint density at radius 2 is 1.09 bits per heavy atom. The van der Waals surface area contributed by atoms with E-state index in [0.29, 0.717) is 18.4 Å². The van der Waals surface area contributed by atoms with Gasteiger partial charge in [0.1, 0.15) is 37.1 Å². The smallest absolute Gasteiger partial charge is 0.331 e. The van der Waals surface area contributed by atoms with Crippen LogP contribution in [0.2, 0.25) is 0 Å². The first-order chi connectivity index (χ1) is 38.8. The van der Waals surface area contributed by atoms with Gasteiger partial charge in [0.2, 0.25) is 0 Å². The third-order valence-corrected chi connectivity index (χ3v) is 22.7. The van der Waals surface area contributed by atoms with E-state index < -0.39 is 147 Å². The minimum Gasteiger partial charge on any atom is -0.458 e. The Hall–Kier alpha value is -1.55. The highest BCUT2D eigenvalue weighted by molar-refractivity contribution is 5.85. The van der Waals surface area contributed by atoms with Crippen molar-refractivity contribution in [2.75, 3.05) is 6.61 Å². The molecule has 468 valence electrons. The van der Waals surface area contributed by atoms with E-state index in [2.05, 4.69) is 13.8 Å². The second kappa shape index (κ2) is 24.4. The summed E-state index contributed by atoms with van der Waals surface area (Å²) in [6, 6.07) is 0. The molecule has 19 unspecified atom stereocenters. The first kappa shape index (κ1) is 62.1. The van der Waals surface area contributed by atoms with E-state index in [4.69, 9.17) is 61.6 Å². The zero-order chi connectivity index (χ0) is 58.5. The number of ether oxygens (including phenoxy) is 13. The Morgan fingerprint density at radius 3 is 1.73 bits per heavy atom. The fraction of sp³-hybridized carbons (Fsp3) is 0.951. The fourth-order valence-corrected chi connectivity index (χ4v) is 17.3. The van der Waals surface area contributed by atoms with Crippen LogP contribution < -0.4 is 0 Å². The third-order valence-electron chi connectivity index (χ3n) is 22.7. The molecule has 21 heteroatoms. The van der Waals surface area contributed by atoms with Gasteiger partial charge in [0.25, 0.3) is 0 Å². The number of carbonyl (C=O) groups excluding carboxylic acids is 1. The summed E-state index contributed by atoms with van der Waals surface area (Å²) in [6.07, 6.45) is -6.50. The van der Waals surface area contributed by atoms with Gasteiger partial charge in [0.05, 0.1) is 85.0 Å². The van der Waals surface area contributed by atoms with E-state index in [1.807, 2.05) is 41.5 Å². The lowest BCUT2D eigenvalue weighted by molar-refractivity contribution is -0.357. The molecule has 0 aromatic heterocycles. The number of esters is 1.